The van der Waals surface area contributed by atoms with Crippen LogP contribution < -0.4 is 10.1 Å². The highest BCUT2D eigenvalue weighted by atomic mass is 127. The van der Waals surface area contributed by atoms with E-state index in [0.717, 1.165) is 62.0 Å². The molecule has 33 heavy (non-hydrogen) atoms. The summed E-state index contributed by atoms with van der Waals surface area (Å²) in [5.74, 6) is 1.56. The van der Waals surface area contributed by atoms with E-state index in [-0.39, 0.29) is 24.0 Å². The summed E-state index contributed by atoms with van der Waals surface area (Å²) in [7, 11) is 0. The van der Waals surface area contributed by atoms with Crippen molar-refractivity contribution in [1.29, 1.82) is 0 Å². The number of aromatic nitrogens is 2. The number of aliphatic imine (C=N–C) groups is 1. The average molecular weight is 562 g/mol. The monoisotopic (exact) mass is 562 g/mol. The van der Waals surface area contributed by atoms with E-state index in [1.807, 2.05) is 48.5 Å². The van der Waals surface area contributed by atoms with Crippen LogP contribution >= 0.6 is 24.0 Å². The number of halogens is 1. The standard InChI is InChI=1S/C24H30N6O2.HI/c1-2-25-24(30-13-11-29(12-14-30)18-22-9-15-32-28-22)27-17-21-8-10-26-23(16-21)31-19-20-6-4-3-5-7-20;/h3-10,15-16H,2,11-14,17-19H2,1H3,(H,25,27);1H. The fourth-order valence-electron chi connectivity index (χ4n) is 3.62. The number of guanidine groups is 1. The van der Waals surface area contributed by atoms with Crippen molar-refractivity contribution in [2.24, 2.45) is 4.99 Å². The fourth-order valence-corrected chi connectivity index (χ4v) is 3.62. The summed E-state index contributed by atoms with van der Waals surface area (Å²) in [6.45, 7) is 8.59. The van der Waals surface area contributed by atoms with Gasteiger partial charge in [0.1, 0.15) is 12.9 Å². The molecule has 2 aromatic heterocycles. The molecular formula is C24H31IN6O2. The van der Waals surface area contributed by atoms with Crippen LogP contribution in [0.2, 0.25) is 0 Å². The molecule has 0 atom stereocenters. The van der Waals surface area contributed by atoms with E-state index in [1.165, 1.54) is 0 Å². The third-order valence-corrected chi connectivity index (χ3v) is 5.32. The van der Waals surface area contributed by atoms with E-state index in [0.29, 0.717) is 19.0 Å². The molecule has 176 valence electrons. The number of pyridine rings is 1. The van der Waals surface area contributed by atoms with Gasteiger partial charge in [0.15, 0.2) is 5.96 Å². The lowest BCUT2D eigenvalue weighted by Gasteiger charge is -2.36. The molecule has 1 fully saturated rings. The van der Waals surface area contributed by atoms with Gasteiger partial charge >= 0.3 is 0 Å². The van der Waals surface area contributed by atoms with Gasteiger partial charge in [0.05, 0.1) is 12.2 Å². The average Bonchev–Trinajstić information content (AvgIpc) is 3.35. The summed E-state index contributed by atoms with van der Waals surface area (Å²) in [5, 5.41) is 7.44. The summed E-state index contributed by atoms with van der Waals surface area (Å²) in [6, 6.07) is 16.0. The van der Waals surface area contributed by atoms with Crippen molar-refractivity contribution < 1.29 is 9.26 Å². The zero-order valence-corrected chi connectivity index (χ0v) is 21.2. The lowest BCUT2D eigenvalue weighted by Crippen LogP contribution is -2.52. The molecule has 0 saturated carbocycles. The smallest absolute Gasteiger partial charge is 0.213 e. The van der Waals surface area contributed by atoms with Crippen molar-refractivity contribution in [2.45, 2.75) is 26.6 Å². The van der Waals surface area contributed by atoms with Crippen molar-refractivity contribution in [1.82, 2.24) is 25.3 Å². The molecule has 1 N–H and O–H groups in total. The summed E-state index contributed by atoms with van der Waals surface area (Å²) >= 11 is 0. The van der Waals surface area contributed by atoms with E-state index in [4.69, 9.17) is 14.3 Å². The SMILES string of the molecule is CCNC(=NCc1ccnc(OCc2ccccc2)c1)N1CCN(Cc2ccon2)CC1.I. The molecule has 0 amide bonds. The van der Waals surface area contributed by atoms with Crippen molar-refractivity contribution in [3.05, 3.63) is 77.8 Å². The van der Waals surface area contributed by atoms with Gasteiger partial charge in [0, 0.05) is 57.6 Å². The van der Waals surface area contributed by atoms with E-state index < -0.39 is 0 Å². The van der Waals surface area contributed by atoms with Crippen molar-refractivity contribution in [3.8, 4) is 5.88 Å². The summed E-state index contributed by atoms with van der Waals surface area (Å²) in [4.78, 5) is 13.9. The minimum Gasteiger partial charge on any atom is -0.473 e. The maximum absolute atomic E-state index is 5.86. The molecular weight excluding hydrogens is 531 g/mol. The van der Waals surface area contributed by atoms with Crippen LogP contribution in [0.4, 0.5) is 0 Å². The normalized spacial score (nSPS) is 14.6. The van der Waals surface area contributed by atoms with Gasteiger partial charge in [-0.05, 0) is 24.1 Å². The van der Waals surface area contributed by atoms with E-state index >= 15 is 0 Å². The van der Waals surface area contributed by atoms with Gasteiger partial charge < -0.3 is 19.5 Å². The van der Waals surface area contributed by atoms with Gasteiger partial charge in [-0.2, -0.15) is 0 Å². The molecule has 4 rings (SSSR count). The van der Waals surface area contributed by atoms with Crippen molar-refractivity contribution >= 4 is 29.9 Å². The maximum atomic E-state index is 5.86. The van der Waals surface area contributed by atoms with Gasteiger partial charge in [-0.25, -0.2) is 9.98 Å². The Hall–Kier alpha value is -2.66. The number of piperazine rings is 1. The topological polar surface area (TPSA) is 79.0 Å². The second-order valence-electron chi connectivity index (χ2n) is 7.70. The molecule has 0 spiro atoms. The Bertz CT molecular complexity index is 976. The van der Waals surface area contributed by atoms with Crippen LogP contribution in [0.15, 0.2) is 70.5 Å². The number of nitrogens with one attached hydrogen (secondary N) is 1. The molecule has 1 aliphatic heterocycles. The number of nitrogens with zero attached hydrogens (tertiary/aromatic N) is 5. The molecule has 1 aliphatic rings. The van der Waals surface area contributed by atoms with Crippen LogP contribution in [0, 0.1) is 0 Å². The Balaban J connectivity index is 0.00000306. The number of benzene rings is 1. The van der Waals surface area contributed by atoms with E-state index in [1.54, 1.807) is 12.5 Å². The van der Waals surface area contributed by atoms with Crippen LogP contribution in [0.25, 0.3) is 0 Å². The van der Waals surface area contributed by atoms with Crippen LogP contribution in [-0.4, -0.2) is 58.6 Å². The highest BCUT2D eigenvalue weighted by Crippen LogP contribution is 2.13. The number of rotatable bonds is 8. The van der Waals surface area contributed by atoms with Gasteiger partial charge in [0.25, 0.3) is 0 Å². The minimum atomic E-state index is 0. The van der Waals surface area contributed by atoms with Crippen LogP contribution in [0.5, 0.6) is 5.88 Å². The zero-order valence-electron chi connectivity index (χ0n) is 18.9. The van der Waals surface area contributed by atoms with Crippen molar-refractivity contribution in [2.75, 3.05) is 32.7 Å². The molecule has 0 radical (unpaired) electrons. The molecule has 1 saturated heterocycles. The molecule has 0 bridgehead atoms. The number of ether oxygens (including phenoxy) is 1. The van der Waals surface area contributed by atoms with Gasteiger partial charge in [-0.3, -0.25) is 4.90 Å². The third kappa shape index (κ3) is 7.71. The molecule has 0 aliphatic carbocycles. The Morgan fingerprint density at radius 3 is 2.64 bits per heavy atom. The number of hydrogen-bond donors (Lipinski definition) is 1. The summed E-state index contributed by atoms with van der Waals surface area (Å²) < 4.78 is 10.8. The lowest BCUT2D eigenvalue weighted by molar-refractivity contribution is 0.169. The van der Waals surface area contributed by atoms with Gasteiger partial charge in [0.2, 0.25) is 5.88 Å². The first-order valence-corrected chi connectivity index (χ1v) is 11.1. The maximum Gasteiger partial charge on any atom is 0.213 e. The van der Waals surface area contributed by atoms with Gasteiger partial charge in [-0.1, -0.05) is 35.5 Å². The molecule has 9 heteroatoms. The summed E-state index contributed by atoms with van der Waals surface area (Å²) in [6.07, 6.45) is 3.40. The second-order valence-corrected chi connectivity index (χ2v) is 7.70. The first kappa shape index (κ1) is 25.0. The highest BCUT2D eigenvalue weighted by molar-refractivity contribution is 14.0. The summed E-state index contributed by atoms with van der Waals surface area (Å²) in [5.41, 5.74) is 3.17. The largest absolute Gasteiger partial charge is 0.473 e. The first-order valence-electron chi connectivity index (χ1n) is 11.1. The Morgan fingerprint density at radius 1 is 1.09 bits per heavy atom. The fraction of sp³-hybridized carbons (Fsp3) is 0.375. The van der Waals surface area contributed by atoms with Crippen LogP contribution in [0.3, 0.4) is 0 Å². The predicted molar refractivity (Wildman–Crippen MR) is 139 cm³/mol. The second kappa shape index (κ2) is 13.1. The minimum absolute atomic E-state index is 0. The van der Waals surface area contributed by atoms with Crippen LogP contribution in [-0.2, 0) is 19.7 Å². The van der Waals surface area contributed by atoms with E-state index in [9.17, 15) is 0 Å². The number of hydrogen-bond acceptors (Lipinski definition) is 6. The molecule has 3 heterocycles. The Labute approximate surface area is 212 Å². The third-order valence-electron chi connectivity index (χ3n) is 5.32. The quantitative estimate of drug-likeness (QED) is 0.256. The Kier molecular flexibility index (Phi) is 9.95. The molecule has 8 nitrogen and oxygen atoms in total. The van der Waals surface area contributed by atoms with Crippen molar-refractivity contribution in [3.63, 3.8) is 0 Å². The zero-order chi connectivity index (χ0) is 22.0. The highest BCUT2D eigenvalue weighted by Gasteiger charge is 2.20. The van der Waals surface area contributed by atoms with Crippen LogP contribution in [0.1, 0.15) is 23.7 Å². The molecule has 1 aromatic carbocycles. The molecule has 3 aromatic rings. The first-order chi connectivity index (χ1) is 15.8. The van der Waals surface area contributed by atoms with E-state index in [2.05, 4.69) is 32.2 Å². The van der Waals surface area contributed by atoms with Gasteiger partial charge in [-0.15, -0.1) is 24.0 Å². The Morgan fingerprint density at radius 2 is 1.91 bits per heavy atom. The lowest BCUT2D eigenvalue weighted by atomic mass is 10.2. The molecule has 0 unspecified atom stereocenters. The predicted octanol–water partition coefficient (Wildman–Crippen LogP) is 3.55.